The number of carbonyl (C=O) groups is 1. The average Bonchev–Trinajstić information content (AvgIpc) is 2.73. The number of likely N-dealkylation sites (tertiary alicyclic amines) is 1. The van der Waals surface area contributed by atoms with Crippen LogP contribution in [0.2, 0.25) is 0 Å². The van der Waals surface area contributed by atoms with Gasteiger partial charge in [-0.1, -0.05) is 0 Å². The molecule has 1 aliphatic rings. The van der Waals surface area contributed by atoms with Crippen LogP contribution in [0.15, 0.2) is 17.0 Å². The van der Waals surface area contributed by atoms with Crippen molar-refractivity contribution in [2.24, 2.45) is 0 Å². The van der Waals surface area contributed by atoms with Gasteiger partial charge in [-0.15, -0.1) is 0 Å². The first-order chi connectivity index (χ1) is 9.21. The molecule has 1 aliphatic heterocycles. The molecular formula is C12H12ClF2NO3S. The van der Waals surface area contributed by atoms with Gasteiger partial charge in [0, 0.05) is 29.3 Å². The quantitative estimate of drug-likeness (QED) is 0.786. The molecule has 4 nitrogen and oxygen atoms in total. The van der Waals surface area contributed by atoms with E-state index in [2.05, 4.69) is 0 Å². The molecule has 1 aromatic carbocycles. The predicted octanol–water partition coefficient (Wildman–Crippen LogP) is 2.52. The Hall–Kier alpha value is -1.21. The van der Waals surface area contributed by atoms with E-state index in [0.29, 0.717) is 18.7 Å². The lowest BCUT2D eigenvalue weighted by atomic mass is 10.1. The Kier molecular flexibility index (Phi) is 4.02. The van der Waals surface area contributed by atoms with Gasteiger partial charge >= 0.3 is 0 Å². The van der Waals surface area contributed by atoms with Gasteiger partial charge in [-0.05, 0) is 25.8 Å². The van der Waals surface area contributed by atoms with Gasteiger partial charge in [0.2, 0.25) is 0 Å². The van der Waals surface area contributed by atoms with E-state index >= 15 is 0 Å². The number of halogens is 3. The van der Waals surface area contributed by atoms with Crippen molar-refractivity contribution in [2.45, 2.75) is 30.7 Å². The van der Waals surface area contributed by atoms with E-state index in [0.717, 1.165) is 12.8 Å². The maximum atomic E-state index is 13.7. The van der Waals surface area contributed by atoms with Gasteiger partial charge in [0.15, 0.2) is 0 Å². The third kappa shape index (κ3) is 2.78. The fourth-order valence-corrected chi connectivity index (χ4v) is 3.17. The van der Waals surface area contributed by atoms with E-state index in [9.17, 15) is 22.0 Å². The van der Waals surface area contributed by atoms with Crippen LogP contribution in [0.3, 0.4) is 0 Å². The van der Waals surface area contributed by atoms with E-state index in [1.165, 1.54) is 4.90 Å². The lowest BCUT2D eigenvalue weighted by Gasteiger charge is -2.21. The minimum Gasteiger partial charge on any atom is -0.336 e. The van der Waals surface area contributed by atoms with Crippen LogP contribution in [0.25, 0.3) is 0 Å². The molecule has 1 fully saturated rings. The van der Waals surface area contributed by atoms with Crippen molar-refractivity contribution in [2.75, 3.05) is 6.54 Å². The first kappa shape index (κ1) is 15.2. The SMILES string of the molecule is CC1CCCN1C(=O)c1cc(S(=O)(=O)Cl)c(F)cc1F. The third-order valence-corrected chi connectivity index (χ3v) is 4.67. The molecule has 1 atom stereocenters. The summed E-state index contributed by atoms with van der Waals surface area (Å²) in [6.45, 7) is 2.27. The van der Waals surface area contributed by atoms with Gasteiger partial charge in [-0.2, -0.15) is 0 Å². The van der Waals surface area contributed by atoms with Crippen molar-refractivity contribution >= 4 is 25.6 Å². The second-order valence-corrected chi connectivity index (χ2v) is 7.22. The third-order valence-electron chi connectivity index (χ3n) is 3.33. The van der Waals surface area contributed by atoms with Crippen LogP contribution in [0.4, 0.5) is 8.78 Å². The molecular weight excluding hydrogens is 312 g/mol. The fourth-order valence-electron chi connectivity index (χ4n) is 2.27. The molecule has 0 aromatic heterocycles. The van der Waals surface area contributed by atoms with Crippen molar-refractivity contribution in [3.63, 3.8) is 0 Å². The predicted molar refractivity (Wildman–Crippen MR) is 69.1 cm³/mol. The Bertz CT molecular complexity index is 663. The van der Waals surface area contributed by atoms with Crippen molar-refractivity contribution in [3.8, 4) is 0 Å². The highest BCUT2D eigenvalue weighted by Crippen LogP contribution is 2.26. The lowest BCUT2D eigenvalue weighted by molar-refractivity contribution is 0.0742. The highest BCUT2D eigenvalue weighted by molar-refractivity contribution is 8.13. The van der Waals surface area contributed by atoms with Gasteiger partial charge in [0.1, 0.15) is 16.5 Å². The molecule has 1 unspecified atom stereocenters. The van der Waals surface area contributed by atoms with Gasteiger partial charge in [-0.3, -0.25) is 4.79 Å². The zero-order valence-corrected chi connectivity index (χ0v) is 12.1. The summed E-state index contributed by atoms with van der Waals surface area (Å²) in [5, 5.41) is 0. The van der Waals surface area contributed by atoms with Gasteiger partial charge < -0.3 is 4.90 Å². The fraction of sp³-hybridized carbons (Fsp3) is 0.417. The van der Waals surface area contributed by atoms with Gasteiger partial charge in [0.05, 0.1) is 5.56 Å². The zero-order chi connectivity index (χ0) is 15.1. The van der Waals surface area contributed by atoms with E-state index in [4.69, 9.17) is 10.7 Å². The van der Waals surface area contributed by atoms with Crippen LogP contribution in [-0.4, -0.2) is 31.8 Å². The summed E-state index contributed by atoms with van der Waals surface area (Å²) < 4.78 is 49.5. The summed E-state index contributed by atoms with van der Waals surface area (Å²) in [6, 6.07) is 0.951. The first-order valence-corrected chi connectivity index (χ1v) is 8.27. The molecule has 110 valence electrons. The number of nitrogens with zero attached hydrogens (tertiary/aromatic N) is 1. The topological polar surface area (TPSA) is 54.5 Å². The van der Waals surface area contributed by atoms with E-state index < -0.39 is 37.1 Å². The number of rotatable bonds is 2. The minimum atomic E-state index is -4.38. The molecule has 0 radical (unpaired) electrons. The molecule has 1 aromatic rings. The maximum Gasteiger partial charge on any atom is 0.264 e. The highest BCUT2D eigenvalue weighted by atomic mass is 35.7. The van der Waals surface area contributed by atoms with Crippen molar-refractivity contribution in [1.29, 1.82) is 0 Å². The summed E-state index contributed by atoms with van der Waals surface area (Å²) in [4.78, 5) is 12.7. The number of hydrogen-bond donors (Lipinski definition) is 0. The number of amides is 1. The number of hydrogen-bond acceptors (Lipinski definition) is 3. The van der Waals surface area contributed by atoms with Crippen LogP contribution in [0.1, 0.15) is 30.1 Å². The Morgan fingerprint density at radius 1 is 1.35 bits per heavy atom. The molecule has 8 heteroatoms. The van der Waals surface area contributed by atoms with E-state index in [1.807, 2.05) is 6.92 Å². The van der Waals surface area contributed by atoms with Crippen LogP contribution in [-0.2, 0) is 9.05 Å². The van der Waals surface area contributed by atoms with Crippen molar-refractivity contribution in [1.82, 2.24) is 4.90 Å². The van der Waals surface area contributed by atoms with Gasteiger partial charge in [0.25, 0.3) is 15.0 Å². The molecule has 0 saturated carbocycles. The second-order valence-electron chi connectivity index (χ2n) is 4.69. The molecule has 0 aliphatic carbocycles. The molecule has 20 heavy (non-hydrogen) atoms. The minimum absolute atomic E-state index is 0.0667. The first-order valence-electron chi connectivity index (χ1n) is 5.96. The van der Waals surface area contributed by atoms with E-state index in [-0.39, 0.29) is 6.04 Å². The molecule has 1 heterocycles. The van der Waals surface area contributed by atoms with Crippen molar-refractivity contribution in [3.05, 3.63) is 29.3 Å². The molecule has 0 N–H and O–H groups in total. The Morgan fingerprint density at radius 3 is 2.50 bits per heavy atom. The summed E-state index contributed by atoms with van der Waals surface area (Å²) in [5.74, 6) is -3.08. The zero-order valence-electron chi connectivity index (χ0n) is 10.6. The Morgan fingerprint density at radius 2 is 2.00 bits per heavy atom. The Balaban J connectivity index is 2.49. The smallest absolute Gasteiger partial charge is 0.264 e. The van der Waals surface area contributed by atoms with Crippen molar-refractivity contribution < 1.29 is 22.0 Å². The number of benzene rings is 1. The van der Waals surface area contributed by atoms with Gasteiger partial charge in [-0.25, -0.2) is 17.2 Å². The standard InChI is InChI=1S/C12H12ClF2NO3S/c1-7-3-2-4-16(7)12(17)8-5-11(20(13,18)19)10(15)6-9(8)14/h5-7H,2-4H2,1H3. The summed E-state index contributed by atoms with van der Waals surface area (Å²) in [6.07, 6.45) is 1.57. The second kappa shape index (κ2) is 5.29. The summed E-state index contributed by atoms with van der Waals surface area (Å²) >= 11 is 0. The van der Waals surface area contributed by atoms with Crippen LogP contribution >= 0.6 is 10.7 Å². The van der Waals surface area contributed by atoms with E-state index in [1.54, 1.807) is 0 Å². The monoisotopic (exact) mass is 323 g/mol. The van der Waals surface area contributed by atoms with Crippen LogP contribution < -0.4 is 0 Å². The molecule has 0 spiro atoms. The maximum absolute atomic E-state index is 13.7. The summed E-state index contributed by atoms with van der Waals surface area (Å²) in [5.41, 5.74) is -0.487. The average molecular weight is 324 g/mol. The van der Waals surface area contributed by atoms with Crippen LogP contribution in [0.5, 0.6) is 0 Å². The number of carbonyl (C=O) groups excluding carboxylic acids is 1. The highest BCUT2D eigenvalue weighted by Gasteiger charge is 2.30. The normalized spacial score (nSPS) is 19.4. The molecule has 2 rings (SSSR count). The summed E-state index contributed by atoms with van der Waals surface area (Å²) in [7, 11) is 0.683. The molecule has 0 bridgehead atoms. The molecule has 1 saturated heterocycles. The van der Waals surface area contributed by atoms with Crippen LogP contribution in [0, 0.1) is 11.6 Å². The Labute approximate surface area is 119 Å². The molecule has 1 amide bonds. The largest absolute Gasteiger partial charge is 0.336 e. The lowest BCUT2D eigenvalue weighted by Crippen LogP contribution is -2.34.